The van der Waals surface area contributed by atoms with Gasteiger partial charge in [-0.25, -0.2) is 0 Å². The predicted octanol–water partition coefficient (Wildman–Crippen LogP) is 3.37. The molecule has 3 rings (SSSR count). The van der Waals surface area contributed by atoms with Gasteiger partial charge in [-0.05, 0) is 70.0 Å². The molecule has 2 heterocycles. The Hall–Kier alpha value is -0.0800. The molecule has 0 N–H and O–H groups in total. The predicted molar refractivity (Wildman–Crippen MR) is 81.4 cm³/mol. The first kappa shape index (κ1) is 13.9. The number of piperidine rings is 1. The third-order valence-electron chi connectivity index (χ3n) is 6.17. The van der Waals surface area contributed by atoms with Crippen molar-refractivity contribution in [3.63, 3.8) is 0 Å². The van der Waals surface area contributed by atoms with Crippen molar-refractivity contribution in [1.82, 2.24) is 9.80 Å². The van der Waals surface area contributed by atoms with Crippen molar-refractivity contribution in [2.75, 3.05) is 26.2 Å². The fraction of sp³-hybridized carbons (Fsp3) is 1.00. The van der Waals surface area contributed by atoms with Gasteiger partial charge in [0.25, 0.3) is 0 Å². The van der Waals surface area contributed by atoms with Gasteiger partial charge < -0.3 is 0 Å². The summed E-state index contributed by atoms with van der Waals surface area (Å²) in [6.07, 6.45) is 10.1. The first-order valence-corrected chi connectivity index (χ1v) is 8.72. The van der Waals surface area contributed by atoms with E-state index < -0.39 is 0 Å². The Morgan fingerprint density at radius 3 is 2.32 bits per heavy atom. The lowest BCUT2D eigenvalue weighted by molar-refractivity contribution is 0.0830. The third kappa shape index (κ3) is 3.16. The number of hydrogen-bond donors (Lipinski definition) is 0. The Labute approximate surface area is 119 Å². The lowest BCUT2D eigenvalue weighted by Gasteiger charge is -2.41. The highest BCUT2D eigenvalue weighted by Crippen LogP contribution is 2.33. The summed E-state index contributed by atoms with van der Waals surface area (Å²) < 4.78 is 0. The first-order chi connectivity index (χ1) is 9.24. The minimum Gasteiger partial charge on any atom is -0.299 e. The molecule has 0 bridgehead atoms. The SMILES string of the molecule is CC1CCC(N2CCCN3CCCCC3C2)CC1C. The van der Waals surface area contributed by atoms with Crippen LogP contribution in [0.5, 0.6) is 0 Å². The Morgan fingerprint density at radius 1 is 0.684 bits per heavy atom. The van der Waals surface area contributed by atoms with Crippen LogP contribution < -0.4 is 0 Å². The van der Waals surface area contributed by atoms with E-state index >= 15 is 0 Å². The maximum atomic E-state index is 2.87. The number of hydrogen-bond acceptors (Lipinski definition) is 2. The second-order valence-corrected chi connectivity index (χ2v) is 7.46. The zero-order chi connectivity index (χ0) is 13.2. The normalized spacial score (nSPS) is 42.6. The molecule has 0 aromatic heterocycles. The topological polar surface area (TPSA) is 6.48 Å². The molecule has 0 spiro atoms. The maximum Gasteiger partial charge on any atom is 0.0223 e. The monoisotopic (exact) mass is 264 g/mol. The van der Waals surface area contributed by atoms with Gasteiger partial charge in [0.1, 0.15) is 0 Å². The van der Waals surface area contributed by atoms with E-state index in [1.807, 2.05) is 0 Å². The Bertz CT molecular complexity index is 291. The van der Waals surface area contributed by atoms with Crippen molar-refractivity contribution < 1.29 is 0 Å². The Balaban J connectivity index is 1.61. The fourth-order valence-corrected chi connectivity index (χ4v) is 4.58. The maximum absolute atomic E-state index is 2.87. The van der Waals surface area contributed by atoms with Crippen LogP contribution in [0, 0.1) is 11.8 Å². The molecular formula is C17H32N2. The van der Waals surface area contributed by atoms with E-state index in [1.165, 1.54) is 71.1 Å². The molecule has 2 aliphatic heterocycles. The molecule has 19 heavy (non-hydrogen) atoms. The van der Waals surface area contributed by atoms with E-state index in [0.29, 0.717) is 0 Å². The van der Waals surface area contributed by atoms with Crippen LogP contribution >= 0.6 is 0 Å². The minimum atomic E-state index is 0.880. The molecule has 0 radical (unpaired) electrons. The largest absolute Gasteiger partial charge is 0.299 e. The van der Waals surface area contributed by atoms with E-state index in [9.17, 15) is 0 Å². The molecule has 1 aliphatic carbocycles. The van der Waals surface area contributed by atoms with Crippen LogP contribution in [-0.2, 0) is 0 Å². The highest BCUT2D eigenvalue weighted by Gasteiger charge is 2.33. The van der Waals surface area contributed by atoms with Crippen LogP contribution in [0.25, 0.3) is 0 Å². The van der Waals surface area contributed by atoms with E-state index in [2.05, 4.69) is 23.6 Å². The third-order valence-corrected chi connectivity index (χ3v) is 6.17. The van der Waals surface area contributed by atoms with Crippen LogP contribution in [0.15, 0.2) is 0 Å². The van der Waals surface area contributed by atoms with Gasteiger partial charge in [-0.15, -0.1) is 0 Å². The quantitative estimate of drug-likeness (QED) is 0.716. The number of rotatable bonds is 1. The van der Waals surface area contributed by atoms with Crippen LogP contribution in [0.3, 0.4) is 0 Å². The summed E-state index contributed by atoms with van der Waals surface area (Å²) >= 11 is 0. The lowest BCUT2D eigenvalue weighted by atomic mass is 9.78. The Morgan fingerprint density at radius 2 is 1.47 bits per heavy atom. The summed E-state index contributed by atoms with van der Waals surface area (Å²) in [5, 5.41) is 0. The molecule has 0 aromatic rings. The molecule has 110 valence electrons. The van der Waals surface area contributed by atoms with Crippen molar-refractivity contribution in [2.45, 2.75) is 70.9 Å². The molecule has 1 saturated carbocycles. The fourth-order valence-electron chi connectivity index (χ4n) is 4.58. The van der Waals surface area contributed by atoms with Gasteiger partial charge in [0.15, 0.2) is 0 Å². The summed E-state index contributed by atoms with van der Waals surface area (Å²) in [6.45, 7) is 10.4. The highest BCUT2D eigenvalue weighted by molar-refractivity contribution is 4.88. The van der Waals surface area contributed by atoms with Gasteiger partial charge in [-0.2, -0.15) is 0 Å². The van der Waals surface area contributed by atoms with Crippen molar-refractivity contribution in [3.8, 4) is 0 Å². The number of nitrogens with zero attached hydrogens (tertiary/aromatic N) is 2. The molecule has 3 aliphatic rings. The summed E-state index contributed by atoms with van der Waals surface area (Å²) in [5.41, 5.74) is 0. The average molecular weight is 264 g/mol. The van der Waals surface area contributed by atoms with E-state index in [1.54, 1.807) is 0 Å². The van der Waals surface area contributed by atoms with Gasteiger partial charge in [-0.3, -0.25) is 9.80 Å². The van der Waals surface area contributed by atoms with Crippen molar-refractivity contribution in [2.24, 2.45) is 11.8 Å². The van der Waals surface area contributed by atoms with Crippen LogP contribution in [0.2, 0.25) is 0 Å². The molecule has 2 saturated heterocycles. The zero-order valence-corrected chi connectivity index (χ0v) is 13.0. The summed E-state index contributed by atoms with van der Waals surface area (Å²) in [6, 6.07) is 1.78. The zero-order valence-electron chi connectivity index (χ0n) is 13.0. The minimum absolute atomic E-state index is 0.880. The first-order valence-electron chi connectivity index (χ1n) is 8.72. The molecule has 2 heteroatoms. The molecule has 3 fully saturated rings. The summed E-state index contributed by atoms with van der Waals surface area (Å²) in [5.74, 6) is 1.89. The van der Waals surface area contributed by atoms with Gasteiger partial charge in [-0.1, -0.05) is 20.3 Å². The number of fused-ring (bicyclic) bond motifs is 1. The van der Waals surface area contributed by atoms with Crippen LogP contribution in [0.1, 0.15) is 58.8 Å². The summed E-state index contributed by atoms with van der Waals surface area (Å²) in [7, 11) is 0. The van der Waals surface area contributed by atoms with E-state index in [0.717, 1.165) is 23.9 Å². The second-order valence-electron chi connectivity index (χ2n) is 7.46. The molecule has 0 aromatic carbocycles. The van der Waals surface area contributed by atoms with Gasteiger partial charge in [0.2, 0.25) is 0 Å². The van der Waals surface area contributed by atoms with Gasteiger partial charge >= 0.3 is 0 Å². The second kappa shape index (κ2) is 6.13. The van der Waals surface area contributed by atoms with Crippen molar-refractivity contribution >= 4 is 0 Å². The van der Waals surface area contributed by atoms with Crippen LogP contribution in [-0.4, -0.2) is 48.1 Å². The van der Waals surface area contributed by atoms with Crippen LogP contribution in [0.4, 0.5) is 0 Å². The standard InChI is InChI=1S/C17H32N2/c1-14-7-8-16(12-15(14)2)19-11-5-10-18-9-4-3-6-17(18)13-19/h14-17H,3-13H2,1-2H3. The summed E-state index contributed by atoms with van der Waals surface area (Å²) in [4.78, 5) is 5.66. The van der Waals surface area contributed by atoms with Gasteiger partial charge in [0, 0.05) is 18.6 Å². The molecule has 2 nitrogen and oxygen atoms in total. The van der Waals surface area contributed by atoms with Crippen molar-refractivity contribution in [1.29, 1.82) is 0 Å². The average Bonchev–Trinajstić information content (AvgIpc) is 2.64. The smallest absolute Gasteiger partial charge is 0.0223 e. The van der Waals surface area contributed by atoms with Gasteiger partial charge in [0.05, 0.1) is 0 Å². The Kier molecular flexibility index (Phi) is 4.48. The lowest BCUT2D eigenvalue weighted by Crippen LogP contribution is -2.47. The van der Waals surface area contributed by atoms with Crippen molar-refractivity contribution in [3.05, 3.63) is 0 Å². The van der Waals surface area contributed by atoms with E-state index in [-0.39, 0.29) is 0 Å². The molecule has 0 amide bonds. The highest BCUT2D eigenvalue weighted by atomic mass is 15.3. The molecule has 4 unspecified atom stereocenters. The molecule has 4 atom stereocenters. The van der Waals surface area contributed by atoms with E-state index in [4.69, 9.17) is 0 Å². The molecular weight excluding hydrogens is 232 g/mol.